The predicted molar refractivity (Wildman–Crippen MR) is 126 cm³/mol. The largest absolute Gasteiger partial charge is 0.497 e. The summed E-state index contributed by atoms with van der Waals surface area (Å²) in [7, 11) is -5.91. The number of ether oxygens (including phenoxy) is 1. The number of benzene rings is 2. The third kappa shape index (κ3) is 5.48. The molecule has 2 aromatic carbocycles. The fourth-order valence-electron chi connectivity index (χ4n) is 3.80. The maximum atomic E-state index is 13.2. The zero-order chi connectivity index (χ0) is 24.4. The first-order chi connectivity index (χ1) is 15.4. The Labute approximate surface area is 195 Å². The van der Waals surface area contributed by atoms with Crippen molar-refractivity contribution in [2.75, 3.05) is 43.8 Å². The number of sulfonamides is 2. The minimum atomic E-state index is -3.76. The van der Waals surface area contributed by atoms with Crippen molar-refractivity contribution in [1.82, 2.24) is 9.21 Å². The second-order valence-corrected chi connectivity index (χ2v) is 11.8. The van der Waals surface area contributed by atoms with Crippen LogP contribution < -0.4 is 9.04 Å². The normalized spacial score (nSPS) is 16.3. The first-order valence-corrected chi connectivity index (χ1v) is 13.7. The Morgan fingerprint density at radius 1 is 0.939 bits per heavy atom. The monoisotopic (exact) mass is 495 g/mol. The molecule has 1 saturated heterocycles. The summed E-state index contributed by atoms with van der Waals surface area (Å²) in [5.74, 6) is 0.181. The number of anilines is 1. The molecule has 0 aliphatic carbocycles. The second kappa shape index (κ2) is 9.70. The molecule has 1 atom stereocenters. The van der Waals surface area contributed by atoms with Crippen LogP contribution >= 0.6 is 0 Å². The van der Waals surface area contributed by atoms with Gasteiger partial charge in [0.25, 0.3) is 0 Å². The van der Waals surface area contributed by atoms with Gasteiger partial charge in [0, 0.05) is 26.2 Å². The van der Waals surface area contributed by atoms with E-state index in [2.05, 4.69) is 0 Å². The van der Waals surface area contributed by atoms with Crippen LogP contribution in [0.15, 0.2) is 53.4 Å². The summed E-state index contributed by atoms with van der Waals surface area (Å²) in [6.07, 6.45) is 1.05. The molecule has 2 aromatic rings. The molecule has 0 saturated carbocycles. The standard InChI is InChI=1S/C22H29N3O6S2/c1-17-5-11-21(12-6-17)33(29,30)24-15-13-23(14-16-24)22(26)18(2)25(32(4,27)28)19-7-9-20(31-3)10-8-19/h5-12,18H,13-16H2,1-4H3/t18-/m1/s1. The molecule has 0 bridgehead atoms. The third-order valence-electron chi connectivity index (χ3n) is 5.60. The summed E-state index contributed by atoms with van der Waals surface area (Å²) in [6.45, 7) is 4.03. The van der Waals surface area contributed by atoms with E-state index in [-0.39, 0.29) is 37.0 Å². The quantitative estimate of drug-likeness (QED) is 0.579. The number of aryl methyl sites for hydroxylation is 1. The molecule has 9 nitrogen and oxygen atoms in total. The van der Waals surface area contributed by atoms with E-state index in [1.807, 2.05) is 6.92 Å². The molecule has 0 N–H and O–H groups in total. The summed E-state index contributed by atoms with van der Waals surface area (Å²) >= 11 is 0. The van der Waals surface area contributed by atoms with Gasteiger partial charge in [-0.3, -0.25) is 9.10 Å². The lowest BCUT2D eigenvalue weighted by Gasteiger charge is -2.37. The molecular weight excluding hydrogens is 466 g/mol. The van der Waals surface area contributed by atoms with E-state index in [0.29, 0.717) is 11.4 Å². The van der Waals surface area contributed by atoms with Gasteiger partial charge in [0.15, 0.2) is 0 Å². The molecular formula is C22H29N3O6S2. The van der Waals surface area contributed by atoms with Crippen molar-refractivity contribution in [2.24, 2.45) is 0 Å². The number of piperazine rings is 1. The highest BCUT2D eigenvalue weighted by molar-refractivity contribution is 7.92. The summed E-state index contributed by atoms with van der Waals surface area (Å²) < 4.78 is 58.4. The van der Waals surface area contributed by atoms with Crippen LogP contribution in [0.1, 0.15) is 12.5 Å². The van der Waals surface area contributed by atoms with E-state index in [0.717, 1.165) is 16.1 Å². The molecule has 3 rings (SSSR count). The van der Waals surface area contributed by atoms with E-state index in [4.69, 9.17) is 4.74 Å². The van der Waals surface area contributed by atoms with Crippen LogP contribution in [0.5, 0.6) is 5.75 Å². The highest BCUT2D eigenvalue weighted by atomic mass is 32.2. The zero-order valence-corrected chi connectivity index (χ0v) is 20.8. The van der Waals surface area contributed by atoms with Gasteiger partial charge in [0.05, 0.1) is 23.9 Å². The van der Waals surface area contributed by atoms with Crippen LogP contribution in [0, 0.1) is 6.92 Å². The molecule has 180 valence electrons. The molecule has 1 fully saturated rings. The van der Waals surface area contributed by atoms with Crippen LogP contribution in [0.4, 0.5) is 5.69 Å². The van der Waals surface area contributed by atoms with Crippen molar-refractivity contribution in [3.63, 3.8) is 0 Å². The Kier molecular flexibility index (Phi) is 7.35. The van der Waals surface area contributed by atoms with Crippen LogP contribution in [0.3, 0.4) is 0 Å². The Bertz CT molecular complexity index is 1190. The van der Waals surface area contributed by atoms with E-state index in [1.54, 1.807) is 48.5 Å². The Balaban J connectivity index is 1.73. The topological polar surface area (TPSA) is 104 Å². The number of methoxy groups -OCH3 is 1. The minimum Gasteiger partial charge on any atom is -0.497 e. The summed E-state index contributed by atoms with van der Waals surface area (Å²) in [5.41, 5.74) is 1.31. The maximum Gasteiger partial charge on any atom is 0.246 e. The van der Waals surface area contributed by atoms with Crippen molar-refractivity contribution in [3.05, 3.63) is 54.1 Å². The molecule has 0 unspecified atom stereocenters. The van der Waals surface area contributed by atoms with Crippen molar-refractivity contribution in [2.45, 2.75) is 24.8 Å². The van der Waals surface area contributed by atoms with E-state index in [1.165, 1.54) is 23.2 Å². The van der Waals surface area contributed by atoms with E-state index < -0.39 is 26.1 Å². The van der Waals surface area contributed by atoms with Crippen LogP contribution in [0.25, 0.3) is 0 Å². The van der Waals surface area contributed by atoms with Crippen LogP contribution in [-0.4, -0.2) is 77.5 Å². The number of nitrogens with zero attached hydrogens (tertiary/aromatic N) is 3. The number of hydrogen-bond acceptors (Lipinski definition) is 6. The lowest BCUT2D eigenvalue weighted by molar-refractivity contribution is -0.133. The first-order valence-electron chi connectivity index (χ1n) is 10.4. The molecule has 33 heavy (non-hydrogen) atoms. The molecule has 11 heteroatoms. The number of amides is 1. The highest BCUT2D eigenvalue weighted by Gasteiger charge is 2.35. The highest BCUT2D eigenvalue weighted by Crippen LogP contribution is 2.25. The molecule has 1 aliphatic heterocycles. The van der Waals surface area contributed by atoms with Crippen molar-refractivity contribution < 1.29 is 26.4 Å². The fourth-order valence-corrected chi connectivity index (χ4v) is 6.40. The second-order valence-electron chi connectivity index (χ2n) is 7.98. The Morgan fingerprint density at radius 3 is 1.97 bits per heavy atom. The SMILES string of the molecule is COc1ccc(N([C@H](C)C(=O)N2CCN(S(=O)(=O)c3ccc(C)cc3)CC2)S(C)(=O)=O)cc1. The molecule has 0 radical (unpaired) electrons. The lowest BCUT2D eigenvalue weighted by Crippen LogP contribution is -2.56. The summed E-state index contributed by atoms with van der Waals surface area (Å²) in [5, 5.41) is 0. The summed E-state index contributed by atoms with van der Waals surface area (Å²) in [6, 6.07) is 12.0. The van der Waals surface area contributed by atoms with Gasteiger partial charge in [-0.1, -0.05) is 17.7 Å². The Morgan fingerprint density at radius 2 is 1.48 bits per heavy atom. The van der Waals surface area contributed by atoms with Crippen LogP contribution in [-0.2, 0) is 24.8 Å². The average Bonchev–Trinajstić information content (AvgIpc) is 2.78. The van der Waals surface area contributed by atoms with Crippen molar-refractivity contribution >= 4 is 31.6 Å². The third-order valence-corrected chi connectivity index (χ3v) is 8.76. The van der Waals surface area contributed by atoms with Gasteiger partial charge >= 0.3 is 0 Å². The minimum absolute atomic E-state index is 0.135. The fraction of sp³-hybridized carbons (Fsp3) is 0.409. The zero-order valence-electron chi connectivity index (χ0n) is 19.1. The molecule has 1 aliphatic rings. The van der Waals surface area contributed by atoms with Gasteiger partial charge in [-0.25, -0.2) is 16.8 Å². The van der Waals surface area contributed by atoms with Crippen LogP contribution in [0.2, 0.25) is 0 Å². The van der Waals surface area contributed by atoms with Gasteiger partial charge in [-0.2, -0.15) is 4.31 Å². The number of carbonyl (C=O) groups excluding carboxylic acids is 1. The maximum absolute atomic E-state index is 13.2. The van der Waals surface area contributed by atoms with E-state index in [9.17, 15) is 21.6 Å². The Hall–Kier alpha value is -2.63. The van der Waals surface area contributed by atoms with Gasteiger partial charge < -0.3 is 9.64 Å². The van der Waals surface area contributed by atoms with Gasteiger partial charge in [0.2, 0.25) is 26.0 Å². The van der Waals surface area contributed by atoms with Gasteiger partial charge in [0.1, 0.15) is 11.8 Å². The molecule has 1 amide bonds. The number of carbonyl (C=O) groups is 1. The molecule has 0 aromatic heterocycles. The molecule has 0 spiro atoms. The van der Waals surface area contributed by atoms with E-state index >= 15 is 0 Å². The first kappa shape index (κ1) is 25.0. The summed E-state index contributed by atoms with van der Waals surface area (Å²) in [4.78, 5) is 14.9. The number of rotatable bonds is 7. The smallest absolute Gasteiger partial charge is 0.246 e. The molecule has 1 heterocycles. The van der Waals surface area contributed by atoms with Gasteiger partial charge in [-0.05, 0) is 50.2 Å². The number of hydrogen-bond donors (Lipinski definition) is 0. The predicted octanol–water partition coefficient (Wildman–Crippen LogP) is 1.69. The van der Waals surface area contributed by atoms with Crippen molar-refractivity contribution in [1.29, 1.82) is 0 Å². The van der Waals surface area contributed by atoms with Gasteiger partial charge in [-0.15, -0.1) is 0 Å². The average molecular weight is 496 g/mol. The lowest BCUT2D eigenvalue weighted by atomic mass is 10.2. The van der Waals surface area contributed by atoms with Crippen molar-refractivity contribution in [3.8, 4) is 5.75 Å².